The van der Waals surface area contributed by atoms with E-state index in [2.05, 4.69) is 14.8 Å². The van der Waals surface area contributed by atoms with E-state index in [1.165, 1.54) is 0 Å². The largest absolute Gasteiger partial charge is 0.514 e. The standard InChI is InChI=1S/C26H33Cl2N3O4/c1-4-33-26(32)35-20(3)29-23-18-21(11-10-19(23)2)34-17-6-5-12-30-13-15-31(16-14-30)24-9-7-8-22(27)25(24)28/h7-11,18H,4-6,12-17H2,1-3H3. The monoisotopic (exact) mass is 521 g/mol. The predicted molar refractivity (Wildman–Crippen MR) is 142 cm³/mol. The number of nitrogens with zero attached hydrogens (tertiary/aromatic N) is 3. The smallest absolute Gasteiger partial charge is 0.494 e. The van der Waals surface area contributed by atoms with Gasteiger partial charge in [-0.2, -0.15) is 0 Å². The van der Waals surface area contributed by atoms with Gasteiger partial charge in [0.25, 0.3) is 0 Å². The van der Waals surface area contributed by atoms with Crippen LogP contribution in [0.1, 0.15) is 32.3 Å². The Morgan fingerprint density at radius 3 is 2.60 bits per heavy atom. The third-order valence-corrected chi connectivity index (χ3v) is 6.54. The van der Waals surface area contributed by atoms with E-state index in [-0.39, 0.29) is 12.5 Å². The minimum atomic E-state index is -0.756. The summed E-state index contributed by atoms with van der Waals surface area (Å²) in [7, 11) is 0. The Balaban J connectivity index is 1.39. The quantitative estimate of drug-likeness (QED) is 0.162. The molecule has 2 aromatic carbocycles. The Morgan fingerprint density at radius 1 is 1.09 bits per heavy atom. The molecular weight excluding hydrogens is 489 g/mol. The van der Waals surface area contributed by atoms with E-state index in [1.807, 2.05) is 43.3 Å². The van der Waals surface area contributed by atoms with Gasteiger partial charge >= 0.3 is 6.16 Å². The van der Waals surface area contributed by atoms with Gasteiger partial charge < -0.3 is 19.1 Å². The summed E-state index contributed by atoms with van der Waals surface area (Å²) in [5, 5.41) is 1.23. The fourth-order valence-electron chi connectivity index (χ4n) is 3.84. The molecule has 190 valence electrons. The van der Waals surface area contributed by atoms with E-state index < -0.39 is 6.16 Å². The van der Waals surface area contributed by atoms with Gasteiger partial charge in [0.2, 0.25) is 0 Å². The Morgan fingerprint density at radius 2 is 1.86 bits per heavy atom. The Kier molecular flexibility index (Phi) is 10.5. The summed E-state index contributed by atoms with van der Waals surface area (Å²) in [5.41, 5.74) is 2.67. The summed E-state index contributed by atoms with van der Waals surface area (Å²) in [5.74, 6) is 0.965. The molecule has 0 bridgehead atoms. The molecule has 0 unspecified atom stereocenters. The van der Waals surface area contributed by atoms with Crippen molar-refractivity contribution in [3.63, 3.8) is 0 Å². The van der Waals surface area contributed by atoms with Crippen LogP contribution in [-0.2, 0) is 9.47 Å². The van der Waals surface area contributed by atoms with Crippen molar-refractivity contribution in [1.82, 2.24) is 4.90 Å². The second-order valence-corrected chi connectivity index (χ2v) is 9.11. The van der Waals surface area contributed by atoms with Crippen LogP contribution in [0.4, 0.5) is 16.2 Å². The number of anilines is 1. The van der Waals surface area contributed by atoms with Crippen molar-refractivity contribution in [1.29, 1.82) is 0 Å². The zero-order chi connectivity index (χ0) is 25.2. The summed E-state index contributed by atoms with van der Waals surface area (Å²) in [4.78, 5) is 20.6. The van der Waals surface area contributed by atoms with E-state index in [0.29, 0.717) is 22.3 Å². The SMILES string of the molecule is CCOC(=O)OC(C)=Nc1cc(OCCCCN2CCN(c3cccc(Cl)c3Cl)CC2)ccc1C. The van der Waals surface area contributed by atoms with Gasteiger partial charge in [-0.1, -0.05) is 35.3 Å². The second-order valence-electron chi connectivity index (χ2n) is 8.32. The molecule has 0 radical (unpaired) electrons. The van der Waals surface area contributed by atoms with Crippen molar-refractivity contribution in [3.8, 4) is 5.75 Å². The van der Waals surface area contributed by atoms with E-state index in [1.54, 1.807) is 13.8 Å². The number of aryl methyl sites for hydroxylation is 1. The number of unbranched alkanes of at least 4 members (excludes halogenated alkanes) is 1. The fourth-order valence-corrected chi connectivity index (χ4v) is 4.25. The zero-order valence-corrected chi connectivity index (χ0v) is 22.1. The van der Waals surface area contributed by atoms with Crippen LogP contribution < -0.4 is 9.64 Å². The van der Waals surface area contributed by atoms with Crippen molar-refractivity contribution in [2.24, 2.45) is 4.99 Å². The normalized spacial score (nSPS) is 14.7. The number of carbonyl (C=O) groups is 1. The molecule has 1 saturated heterocycles. The van der Waals surface area contributed by atoms with E-state index in [4.69, 9.17) is 37.4 Å². The topological polar surface area (TPSA) is 63.6 Å². The van der Waals surface area contributed by atoms with Crippen LogP contribution in [0.15, 0.2) is 41.4 Å². The lowest BCUT2D eigenvalue weighted by Gasteiger charge is -2.36. The first-order valence-electron chi connectivity index (χ1n) is 11.9. The number of aliphatic imine (C=N–C) groups is 1. The highest BCUT2D eigenvalue weighted by molar-refractivity contribution is 6.43. The van der Waals surface area contributed by atoms with Crippen LogP contribution >= 0.6 is 23.2 Å². The highest BCUT2D eigenvalue weighted by Gasteiger charge is 2.19. The number of benzene rings is 2. The van der Waals surface area contributed by atoms with Crippen LogP contribution in [0.3, 0.4) is 0 Å². The van der Waals surface area contributed by atoms with Crippen LogP contribution in [0.2, 0.25) is 10.0 Å². The highest BCUT2D eigenvalue weighted by atomic mass is 35.5. The third-order valence-electron chi connectivity index (χ3n) is 5.73. The number of piperazine rings is 1. The number of hydrogen-bond donors (Lipinski definition) is 0. The fraction of sp³-hybridized carbons (Fsp3) is 0.462. The van der Waals surface area contributed by atoms with Gasteiger partial charge in [-0.3, -0.25) is 4.90 Å². The van der Waals surface area contributed by atoms with Gasteiger partial charge in [0.15, 0.2) is 5.90 Å². The maximum Gasteiger partial charge on any atom is 0.514 e. The lowest BCUT2D eigenvalue weighted by atomic mass is 10.2. The molecule has 0 aromatic heterocycles. The van der Waals surface area contributed by atoms with Crippen molar-refractivity contribution < 1.29 is 19.0 Å². The lowest BCUT2D eigenvalue weighted by Crippen LogP contribution is -2.46. The van der Waals surface area contributed by atoms with Crippen LogP contribution in [-0.4, -0.2) is 62.9 Å². The van der Waals surface area contributed by atoms with Crippen molar-refractivity contribution in [2.45, 2.75) is 33.6 Å². The van der Waals surface area contributed by atoms with Crippen LogP contribution in [0.5, 0.6) is 5.75 Å². The van der Waals surface area contributed by atoms with Crippen molar-refractivity contribution in [3.05, 3.63) is 52.0 Å². The second kappa shape index (κ2) is 13.6. The molecule has 0 aliphatic carbocycles. The van der Waals surface area contributed by atoms with E-state index >= 15 is 0 Å². The third kappa shape index (κ3) is 8.30. The predicted octanol–water partition coefficient (Wildman–Crippen LogP) is 6.51. The molecule has 0 amide bonds. The molecule has 2 aromatic rings. The molecule has 0 spiro atoms. The first-order chi connectivity index (χ1) is 16.9. The molecule has 0 N–H and O–H groups in total. The van der Waals surface area contributed by atoms with Gasteiger partial charge in [0.05, 0.1) is 34.6 Å². The number of carbonyl (C=O) groups excluding carboxylic acids is 1. The maximum atomic E-state index is 11.5. The maximum absolute atomic E-state index is 11.5. The first kappa shape index (κ1) is 27.1. The Bertz CT molecular complexity index is 1020. The summed E-state index contributed by atoms with van der Waals surface area (Å²) >= 11 is 12.5. The van der Waals surface area contributed by atoms with Crippen LogP contribution in [0, 0.1) is 6.92 Å². The van der Waals surface area contributed by atoms with E-state index in [9.17, 15) is 4.79 Å². The van der Waals surface area contributed by atoms with Crippen molar-refractivity contribution >= 4 is 46.6 Å². The molecule has 3 rings (SSSR count). The molecule has 1 fully saturated rings. The molecule has 1 aliphatic rings. The zero-order valence-electron chi connectivity index (χ0n) is 20.6. The summed E-state index contributed by atoms with van der Waals surface area (Å²) in [6, 6.07) is 11.5. The average Bonchev–Trinajstić information content (AvgIpc) is 2.83. The average molecular weight is 522 g/mol. The molecular formula is C26H33Cl2N3O4. The van der Waals surface area contributed by atoms with Gasteiger partial charge in [0, 0.05) is 39.2 Å². The van der Waals surface area contributed by atoms with Crippen LogP contribution in [0.25, 0.3) is 0 Å². The summed E-state index contributed by atoms with van der Waals surface area (Å²) < 4.78 is 15.7. The molecule has 1 aliphatic heterocycles. The number of rotatable bonds is 9. The summed E-state index contributed by atoms with van der Waals surface area (Å²) in [6.45, 7) is 11.1. The Hall–Kier alpha value is -2.48. The lowest BCUT2D eigenvalue weighted by molar-refractivity contribution is 0.100. The number of ether oxygens (including phenoxy) is 3. The molecule has 0 saturated carbocycles. The molecule has 9 heteroatoms. The minimum Gasteiger partial charge on any atom is -0.494 e. The number of halogens is 2. The number of hydrogen-bond acceptors (Lipinski definition) is 7. The van der Waals surface area contributed by atoms with Gasteiger partial charge in [-0.05, 0) is 57.0 Å². The van der Waals surface area contributed by atoms with E-state index in [0.717, 1.165) is 62.6 Å². The molecule has 0 atom stereocenters. The Labute approximate surface area is 217 Å². The van der Waals surface area contributed by atoms with Crippen molar-refractivity contribution in [2.75, 3.05) is 50.8 Å². The van der Waals surface area contributed by atoms with Gasteiger partial charge in [-0.15, -0.1) is 0 Å². The van der Waals surface area contributed by atoms with Gasteiger partial charge in [-0.25, -0.2) is 9.79 Å². The van der Waals surface area contributed by atoms with Gasteiger partial charge in [0.1, 0.15) is 5.75 Å². The molecule has 1 heterocycles. The first-order valence-corrected chi connectivity index (χ1v) is 12.7. The molecule has 7 nitrogen and oxygen atoms in total. The molecule has 35 heavy (non-hydrogen) atoms. The minimum absolute atomic E-state index is 0.224. The highest BCUT2D eigenvalue weighted by Crippen LogP contribution is 2.33. The summed E-state index contributed by atoms with van der Waals surface area (Å²) in [6.07, 6.45) is 1.26.